The highest BCUT2D eigenvalue weighted by Gasteiger charge is 2.05. The molecule has 0 atom stereocenters. The average Bonchev–Trinajstić information content (AvgIpc) is 2.67. The Hall–Kier alpha value is -2.95. The van der Waals surface area contributed by atoms with Crippen molar-refractivity contribution in [2.24, 2.45) is 0 Å². The van der Waals surface area contributed by atoms with Crippen LogP contribution in [0.15, 0.2) is 48.5 Å². The van der Waals surface area contributed by atoms with Gasteiger partial charge in [-0.25, -0.2) is 0 Å². The van der Waals surface area contributed by atoms with Crippen molar-refractivity contribution < 1.29 is 19.0 Å². The van der Waals surface area contributed by atoms with Crippen LogP contribution in [0, 0.1) is 0 Å². The summed E-state index contributed by atoms with van der Waals surface area (Å²) in [4.78, 5) is 12.0. The van der Waals surface area contributed by atoms with Crippen LogP contribution in [0.25, 0.3) is 6.08 Å². The van der Waals surface area contributed by atoms with Gasteiger partial charge in [0.05, 0.1) is 20.8 Å². The van der Waals surface area contributed by atoms with Crippen LogP contribution in [0.2, 0.25) is 0 Å². The highest BCUT2D eigenvalue weighted by Crippen LogP contribution is 2.27. The first-order chi connectivity index (χ1) is 12.7. The van der Waals surface area contributed by atoms with Crippen molar-refractivity contribution in [3.8, 4) is 17.2 Å². The quantitative estimate of drug-likeness (QED) is 0.700. The van der Waals surface area contributed by atoms with Crippen LogP contribution in [-0.4, -0.2) is 33.3 Å². The van der Waals surface area contributed by atoms with Gasteiger partial charge in [-0.05, 0) is 43.2 Å². The van der Waals surface area contributed by atoms with Crippen molar-refractivity contribution in [2.75, 3.05) is 27.4 Å². The summed E-state index contributed by atoms with van der Waals surface area (Å²) in [5.41, 5.74) is 1.94. The zero-order chi connectivity index (χ0) is 18.8. The van der Waals surface area contributed by atoms with Gasteiger partial charge in [0.15, 0.2) is 11.5 Å². The summed E-state index contributed by atoms with van der Waals surface area (Å²) in [5.74, 6) is 2.00. The number of para-hydroxylation sites is 1. The van der Waals surface area contributed by atoms with Crippen LogP contribution in [0.5, 0.6) is 17.2 Å². The van der Waals surface area contributed by atoms with Crippen molar-refractivity contribution >= 4 is 12.0 Å². The van der Waals surface area contributed by atoms with Gasteiger partial charge in [0.25, 0.3) is 0 Å². The summed E-state index contributed by atoms with van der Waals surface area (Å²) in [6, 6.07) is 13.4. The summed E-state index contributed by atoms with van der Waals surface area (Å²) in [6.45, 7) is 3.05. The van der Waals surface area contributed by atoms with Crippen molar-refractivity contribution in [3.05, 3.63) is 59.7 Å². The monoisotopic (exact) mass is 355 g/mol. The van der Waals surface area contributed by atoms with Gasteiger partial charge >= 0.3 is 0 Å². The smallest absolute Gasteiger partial charge is 0.244 e. The van der Waals surface area contributed by atoms with E-state index >= 15 is 0 Å². The van der Waals surface area contributed by atoms with E-state index in [0.717, 1.165) is 16.9 Å². The van der Waals surface area contributed by atoms with Gasteiger partial charge in [0.1, 0.15) is 5.75 Å². The Bertz CT molecular complexity index is 755. The Labute approximate surface area is 154 Å². The van der Waals surface area contributed by atoms with Crippen LogP contribution < -0.4 is 19.5 Å². The Balaban J connectivity index is 1.87. The van der Waals surface area contributed by atoms with Crippen LogP contribution in [0.4, 0.5) is 0 Å². The van der Waals surface area contributed by atoms with Crippen molar-refractivity contribution in [1.82, 2.24) is 5.32 Å². The second-order valence-electron chi connectivity index (χ2n) is 5.53. The average molecular weight is 355 g/mol. The van der Waals surface area contributed by atoms with E-state index < -0.39 is 0 Å². The number of nitrogens with one attached hydrogen (secondary N) is 1. The first kappa shape index (κ1) is 19.4. The molecule has 0 heterocycles. The summed E-state index contributed by atoms with van der Waals surface area (Å²) in [7, 11) is 3.21. The minimum atomic E-state index is -0.142. The highest BCUT2D eigenvalue weighted by molar-refractivity contribution is 5.92. The molecule has 0 aliphatic heterocycles. The summed E-state index contributed by atoms with van der Waals surface area (Å²) in [6.07, 6.45) is 3.98. The molecule has 2 aromatic carbocycles. The zero-order valence-electron chi connectivity index (χ0n) is 15.5. The lowest BCUT2D eigenvalue weighted by atomic mass is 10.1. The van der Waals surface area contributed by atoms with E-state index in [1.165, 1.54) is 6.08 Å². The van der Waals surface area contributed by atoms with Crippen molar-refractivity contribution in [1.29, 1.82) is 0 Å². The molecule has 0 saturated carbocycles. The van der Waals surface area contributed by atoms with Crippen LogP contribution >= 0.6 is 0 Å². The first-order valence-electron chi connectivity index (χ1n) is 8.56. The Morgan fingerprint density at radius 2 is 1.81 bits per heavy atom. The number of hydrogen-bond acceptors (Lipinski definition) is 4. The SMILES string of the molecule is CCOc1ccccc1/C=C/C(=O)NCCc1ccc(OC)c(OC)c1. The molecule has 0 aliphatic carbocycles. The van der Waals surface area contributed by atoms with E-state index in [4.69, 9.17) is 14.2 Å². The predicted molar refractivity (Wildman–Crippen MR) is 103 cm³/mol. The fourth-order valence-corrected chi connectivity index (χ4v) is 2.50. The number of ether oxygens (including phenoxy) is 3. The second kappa shape index (κ2) is 10.1. The van der Waals surface area contributed by atoms with Gasteiger partial charge in [-0.3, -0.25) is 4.79 Å². The highest BCUT2D eigenvalue weighted by atomic mass is 16.5. The van der Waals surface area contributed by atoms with Crippen LogP contribution in [0.3, 0.4) is 0 Å². The lowest BCUT2D eigenvalue weighted by Crippen LogP contribution is -2.23. The van der Waals surface area contributed by atoms with Crippen LogP contribution in [0.1, 0.15) is 18.1 Å². The number of hydrogen-bond donors (Lipinski definition) is 1. The van der Waals surface area contributed by atoms with E-state index in [0.29, 0.717) is 31.1 Å². The standard InChI is InChI=1S/C21H25NO4/c1-4-26-18-8-6-5-7-17(18)10-12-21(23)22-14-13-16-9-11-19(24-2)20(15-16)25-3/h5-12,15H,4,13-14H2,1-3H3,(H,22,23)/b12-10+. The van der Waals surface area contributed by atoms with E-state index in [-0.39, 0.29) is 5.91 Å². The van der Waals surface area contributed by atoms with Gasteiger partial charge in [0, 0.05) is 18.2 Å². The predicted octanol–water partition coefficient (Wildman–Crippen LogP) is 3.47. The maximum Gasteiger partial charge on any atom is 0.244 e. The van der Waals surface area contributed by atoms with Crippen molar-refractivity contribution in [2.45, 2.75) is 13.3 Å². The molecule has 138 valence electrons. The molecule has 0 spiro atoms. The number of amides is 1. The van der Waals surface area contributed by atoms with Gasteiger partial charge in [-0.2, -0.15) is 0 Å². The number of benzene rings is 2. The molecule has 5 heteroatoms. The first-order valence-corrected chi connectivity index (χ1v) is 8.56. The fraction of sp³-hybridized carbons (Fsp3) is 0.286. The Kier molecular flexibility index (Phi) is 7.55. The van der Waals surface area contributed by atoms with Crippen LogP contribution in [-0.2, 0) is 11.2 Å². The third-order valence-corrected chi connectivity index (χ3v) is 3.79. The summed E-state index contributed by atoms with van der Waals surface area (Å²) < 4.78 is 16.1. The number of carbonyl (C=O) groups excluding carboxylic acids is 1. The summed E-state index contributed by atoms with van der Waals surface area (Å²) in [5, 5.41) is 2.88. The summed E-state index contributed by atoms with van der Waals surface area (Å²) >= 11 is 0. The molecule has 0 aliphatic rings. The topological polar surface area (TPSA) is 56.8 Å². The molecule has 0 unspecified atom stereocenters. The van der Waals surface area contributed by atoms with E-state index in [2.05, 4.69) is 5.32 Å². The molecule has 26 heavy (non-hydrogen) atoms. The van der Waals surface area contributed by atoms with Gasteiger partial charge in [0.2, 0.25) is 5.91 Å². The number of methoxy groups -OCH3 is 2. The lowest BCUT2D eigenvalue weighted by Gasteiger charge is -2.09. The molecule has 2 rings (SSSR count). The minimum Gasteiger partial charge on any atom is -0.493 e. The Morgan fingerprint density at radius 1 is 1.04 bits per heavy atom. The second-order valence-corrected chi connectivity index (χ2v) is 5.53. The molecule has 0 bridgehead atoms. The maximum atomic E-state index is 12.0. The molecule has 5 nitrogen and oxygen atoms in total. The van der Waals surface area contributed by atoms with Gasteiger partial charge < -0.3 is 19.5 Å². The molecule has 1 N–H and O–H groups in total. The largest absolute Gasteiger partial charge is 0.493 e. The third kappa shape index (κ3) is 5.55. The van der Waals surface area contributed by atoms with E-state index in [1.807, 2.05) is 49.4 Å². The van der Waals surface area contributed by atoms with E-state index in [1.54, 1.807) is 20.3 Å². The normalized spacial score (nSPS) is 10.6. The minimum absolute atomic E-state index is 0.142. The molecular weight excluding hydrogens is 330 g/mol. The van der Waals surface area contributed by atoms with Gasteiger partial charge in [-0.1, -0.05) is 24.3 Å². The number of rotatable bonds is 9. The van der Waals surface area contributed by atoms with Crippen molar-refractivity contribution in [3.63, 3.8) is 0 Å². The molecule has 2 aromatic rings. The molecular formula is C21H25NO4. The number of carbonyl (C=O) groups is 1. The fourth-order valence-electron chi connectivity index (χ4n) is 2.50. The third-order valence-electron chi connectivity index (χ3n) is 3.79. The molecule has 0 radical (unpaired) electrons. The lowest BCUT2D eigenvalue weighted by molar-refractivity contribution is -0.116. The zero-order valence-corrected chi connectivity index (χ0v) is 15.5. The molecule has 0 fully saturated rings. The van der Waals surface area contributed by atoms with Gasteiger partial charge in [-0.15, -0.1) is 0 Å². The molecule has 0 aromatic heterocycles. The van der Waals surface area contributed by atoms with E-state index in [9.17, 15) is 4.79 Å². The molecule has 1 amide bonds. The Morgan fingerprint density at radius 3 is 2.54 bits per heavy atom. The molecule has 0 saturated heterocycles. The maximum absolute atomic E-state index is 12.0.